The zero-order chi connectivity index (χ0) is 23.3. The van der Waals surface area contributed by atoms with E-state index in [0.717, 1.165) is 0 Å². The van der Waals surface area contributed by atoms with Crippen molar-refractivity contribution in [1.29, 1.82) is 0 Å². The molecule has 1 aromatic heterocycles. The van der Waals surface area contributed by atoms with Crippen molar-refractivity contribution in [2.24, 2.45) is 0 Å². The fourth-order valence-corrected chi connectivity index (χ4v) is 3.98. The van der Waals surface area contributed by atoms with Crippen molar-refractivity contribution in [2.45, 2.75) is 18.0 Å². The molecule has 3 rings (SSSR count). The minimum atomic E-state index is -0.745. The number of anilines is 1. The Hall–Kier alpha value is -3.59. The van der Waals surface area contributed by atoms with E-state index in [-0.39, 0.29) is 23.3 Å². The Balaban J connectivity index is 2.15. The van der Waals surface area contributed by atoms with Crippen LogP contribution in [0.1, 0.15) is 34.3 Å². The van der Waals surface area contributed by atoms with E-state index >= 15 is 0 Å². The highest BCUT2D eigenvalue weighted by molar-refractivity contribution is 7.99. The van der Waals surface area contributed by atoms with E-state index in [1.807, 2.05) is 0 Å². The number of aromatic amines is 1. The highest BCUT2D eigenvalue weighted by Crippen LogP contribution is 2.40. The van der Waals surface area contributed by atoms with Crippen LogP contribution in [0, 0.1) is 0 Å². The van der Waals surface area contributed by atoms with E-state index in [9.17, 15) is 14.4 Å². The van der Waals surface area contributed by atoms with Crippen LogP contribution in [-0.2, 0) is 14.3 Å². The zero-order valence-electron chi connectivity index (χ0n) is 17.8. The second-order valence-electron chi connectivity index (χ2n) is 6.83. The Morgan fingerprint density at radius 2 is 1.91 bits per heavy atom. The Kier molecular flexibility index (Phi) is 7.32. The first-order valence-corrected chi connectivity index (χ1v) is 10.7. The van der Waals surface area contributed by atoms with Gasteiger partial charge in [0, 0.05) is 11.4 Å². The fourth-order valence-electron chi connectivity index (χ4n) is 3.38. The molecule has 0 saturated carbocycles. The van der Waals surface area contributed by atoms with Gasteiger partial charge in [-0.1, -0.05) is 42.6 Å². The summed E-state index contributed by atoms with van der Waals surface area (Å²) in [6.07, 6.45) is 3.18. The lowest BCUT2D eigenvalue weighted by Gasteiger charge is -2.28. The van der Waals surface area contributed by atoms with E-state index in [4.69, 9.17) is 9.47 Å². The van der Waals surface area contributed by atoms with Gasteiger partial charge in [0.2, 0.25) is 0 Å². The number of benzene rings is 1. The van der Waals surface area contributed by atoms with Crippen molar-refractivity contribution in [3.63, 3.8) is 0 Å². The van der Waals surface area contributed by atoms with Gasteiger partial charge in [0.1, 0.15) is 12.4 Å². The van der Waals surface area contributed by atoms with Crippen LogP contribution in [0.4, 0.5) is 5.82 Å². The molecule has 32 heavy (non-hydrogen) atoms. The molecule has 0 amide bonds. The number of rotatable bonds is 8. The van der Waals surface area contributed by atoms with E-state index in [2.05, 4.69) is 28.4 Å². The van der Waals surface area contributed by atoms with Gasteiger partial charge in [-0.3, -0.25) is 4.79 Å². The van der Waals surface area contributed by atoms with Crippen molar-refractivity contribution in [3.8, 4) is 0 Å². The zero-order valence-corrected chi connectivity index (χ0v) is 18.6. The largest absolute Gasteiger partial charge is 0.465 e. The van der Waals surface area contributed by atoms with Gasteiger partial charge in [-0.2, -0.15) is 0 Å². The number of esters is 2. The highest BCUT2D eigenvalue weighted by Gasteiger charge is 2.36. The quantitative estimate of drug-likeness (QED) is 0.271. The number of fused-ring (bicyclic) bond motifs is 1. The molecule has 8 nitrogen and oxygen atoms in total. The fraction of sp³-hybridized carbons (Fsp3) is 0.217. The second kappa shape index (κ2) is 10.1. The van der Waals surface area contributed by atoms with Gasteiger partial charge < -0.3 is 19.8 Å². The lowest BCUT2D eigenvalue weighted by Crippen LogP contribution is -2.31. The average molecular weight is 454 g/mol. The number of nitrogens with zero attached hydrogens (tertiary/aromatic N) is 1. The lowest BCUT2D eigenvalue weighted by molar-refractivity contribution is -0.138. The maximum Gasteiger partial charge on any atom is 0.337 e. The maximum absolute atomic E-state index is 13.1. The predicted octanol–water partition coefficient (Wildman–Crippen LogP) is 3.40. The first kappa shape index (κ1) is 23.1. The molecule has 9 heteroatoms. The number of hydrogen-bond acceptors (Lipinski definition) is 8. The van der Waals surface area contributed by atoms with Crippen LogP contribution in [-0.4, -0.2) is 41.4 Å². The number of ether oxygens (including phenoxy) is 2. The van der Waals surface area contributed by atoms with Gasteiger partial charge in [-0.05, 0) is 24.6 Å². The standard InChI is InChI=1S/C23H23N3O5S/c1-5-11-31-22(29)16-13(3)24-19-18(20(27)26-23(25-19)32-12-6-2)17(16)14-7-9-15(10-8-14)21(28)30-4/h5-10,17H,1-2,11-12H2,3-4H3,(H2,24,25,26,27). The molecule has 1 aliphatic heterocycles. The molecule has 0 radical (unpaired) electrons. The number of methoxy groups -OCH3 is 1. The first-order chi connectivity index (χ1) is 15.4. The molecule has 1 aliphatic rings. The van der Waals surface area contributed by atoms with Crippen LogP contribution in [0.25, 0.3) is 0 Å². The summed E-state index contributed by atoms with van der Waals surface area (Å²) in [5, 5.41) is 3.51. The van der Waals surface area contributed by atoms with Gasteiger partial charge in [-0.25, -0.2) is 14.6 Å². The van der Waals surface area contributed by atoms with E-state index in [1.165, 1.54) is 24.9 Å². The van der Waals surface area contributed by atoms with E-state index in [1.54, 1.807) is 37.3 Å². The van der Waals surface area contributed by atoms with Crippen LogP contribution >= 0.6 is 11.8 Å². The number of carbonyl (C=O) groups is 2. The SMILES string of the molecule is C=CCOC(=O)C1=C(C)Nc2nc(SCC=C)[nH]c(=O)c2C1c1ccc(C(=O)OC)cc1. The van der Waals surface area contributed by atoms with Gasteiger partial charge in [0.15, 0.2) is 5.16 Å². The van der Waals surface area contributed by atoms with Crippen LogP contribution in [0.5, 0.6) is 0 Å². The molecule has 166 valence electrons. The third kappa shape index (κ3) is 4.67. The third-order valence-electron chi connectivity index (χ3n) is 4.78. The smallest absolute Gasteiger partial charge is 0.337 e. The Bertz CT molecular complexity index is 1150. The molecule has 0 spiro atoms. The van der Waals surface area contributed by atoms with Crippen molar-refractivity contribution >= 4 is 29.5 Å². The number of thioether (sulfide) groups is 1. The summed E-state index contributed by atoms with van der Waals surface area (Å²) in [5.74, 6) is -0.867. The number of H-pyrrole nitrogens is 1. The van der Waals surface area contributed by atoms with Crippen LogP contribution in [0.15, 0.2) is 70.8 Å². The predicted molar refractivity (Wildman–Crippen MR) is 123 cm³/mol. The molecule has 2 heterocycles. The molecular weight excluding hydrogens is 430 g/mol. The summed E-state index contributed by atoms with van der Waals surface area (Å²) in [5.41, 5.74) is 1.69. The summed E-state index contributed by atoms with van der Waals surface area (Å²) in [6, 6.07) is 6.53. The summed E-state index contributed by atoms with van der Waals surface area (Å²) in [4.78, 5) is 45.1. The van der Waals surface area contributed by atoms with Gasteiger partial charge in [0.05, 0.1) is 29.7 Å². The van der Waals surface area contributed by atoms with Gasteiger partial charge >= 0.3 is 11.9 Å². The molecule has 2 aromatic rings. The van der Waals surface area contributed by atoms with E-state index in [0.29, 0.717) is 33.6 Å². The van der Waals surface area contributed by atoms with Gasteiger partial charge in [-0.15, -0.1) is 6.58 Å². The molecule has 1 atom stereocenters. The monoisotopic (exact) mass is 453 g/mol. The number of nitrogens with one attached hydrogen (secondary N) is 2. The van der Waals surface area contributed by atoms with Crippen molar-refractivity contribution in [1.82, 2.24) is 9.97 Å². The molecule has 1 aromatic carbocycles. The Morgan fingerprint density at radius 3 is 2.53 bits per heavy atom. The topological polar surface area (TPSA) is 110 Å². The molecule has 0 saturated heterocycles. The van der Waals surface area contributed by atoms with Crippen molar-refractivity contribution in [2.75, 3.05) is 24.8 Å². The average Bonchev–Trinajstić information content (AvgIpc) is 2.79. The van der Waals surface area contributed by atoms with Gasteiger partial charge in [0.25, 0.3) is 5.56 Å². The Morgan fingerprint density at radius 1 is 1.19 bits per heavy atom. The van der Waals surface area contributed by atoms with E-state index < -0.39 is 17.9 Å². The van der Waals surface area contributed by atoms with Crippen molar-refractivity contribution in [3.05, 3.63) is 87.9 Å². The third-order valence-corrected chi connectivity index (χ3v) is 5.65. The summed E-state index contributed by atoms with van der Waals surface area (Å²) in [7, 11) is 1.30. The lowest BCUT2D eigenvalue weighted by atomic mass is 9.82. The van der Waals surface area contributed by atoms with Crippen molar-refractivity contribution < 1.29 is 19.1 Å². The second-order valence-corrected chi connectivity index (χ2v) is 7.84. The molecule has 1 unspecified atom stereocenters. The molecule has 0 fully saturated rings. The molecule has 0 bridgehead atoms. The van der Waals surface area contributed by atoms with Crippen LogP contribution in [0.2, 0.25) is 0 Å². The maximum atomic E-state index is 13.1. The summed E-state index contributed by atoms with van der Waals surface area (Å²) >= 11 is 1.34. The summed E-state index contributed by atoms with van der Waals surface area (Å²) in [6.45, 7) is 8.99. The minimum Gasteiger partial charge on any atom is -0.465 e. The number of aromatic nitrogens is 2. The first-order valence-electron chi connectivity index (χ1n) is 9.73. The summed E-state index contributed by atoms with van der Waals surface area (Å²) < 4.78 is 10.0. The molecule has 0 aliphatic carbocycles. The highest BCUT2D eigenvalue weighted by atomic mass is 32.2. The Labute approximate surface area is 189 Å². The molecule has 2 N–H and O–H groups in total. The number of allylic oxidation sites excluding steroid dienone is 1. The normalized spacial score (nSPS) is 14.8. The van der Waals surface area contributed by atoms with Crippen LogP contribution < -0.4 is 10.9 Å². The van der Waals surface area contributed by atoms with Crippen LogP contribution in [0.3, 0.4) is 0 Å². The number of carbonyl (C=O) groups excluding carboxylic acids is 2. The molecular formula is C23H23N3O5S. The number of hydrogen-bond donors (Lipinski definition) is 2. The minimum absolute atomic E-state index is 0.0300.